The highest BCUT2D eigenvalue weighted by atomic mass is 127. The zero-order valence-electron chi connectivity index (χ0n) is 7.48. The van der Waals surface area contributed by atoms with Crippen LogP contribution in [0, 0.1) is 3.57 Å². The lowest BCUT2D eigenvalue weighted by molar-refractivity contribution is 0.00582. The number of halogens is 1. The van der Waals surface area contributed by atoms with E-state index in [2.05, 4.69) is 22.6 Å². The number of hydrogen-bond acceptors (Lipinski definition) is 2. The molecule has 0 aliphatic carbocycles. The van der Waals surface area contributed by atoms with E-state index in [4.69, 9.17) is 5.11 Å². The maximum absolute atomic E-state index is 11.8. The third-order valence-corrected chi connectivity index (χ3v) is 3.19. The third-order valence-electron chi connectivity index (χ3n) is 2.25. The van der Waals surface area contributed by atoms with Crippen LogP contribution in [0.1, 0.15) is 10.4 Å². The van der Waals surface area contributed by atoms with Crippen LogP contribution in [0.3, 0.4) is 0 Å². The number of carbonyl (C=O) groups is 1. The maximum atomic E-state index is 11.8. The third kappa shape index (κ3) is 1.76. The van der Waals surface area contributed by atoms with E-state index in [0.29, 0.717) is 13.1 Å². The second-order valence-electron chi connectivity index (χ2n) is 3.34. The molecule has 1 fully saturated rings. The molecule has 74 valence electrons. The van der Waals surface area contributed by atoms with Gasteiger partial charge in [-0.1, -0.05) is 12.1 Å². The predicted molar refractivity (Wildman–Crippen MR) is 61.1 cm³/mol. The lowest BCUT2D eigenvalue weighted by Crippen LogP contribution is -2.53. The summed E-state index contributed by atoms with van der Waals surface area (Å²) in [6.45, 7) is 0.924. The normalized spacial score (nSPS) is 16.6. The van der Waals surface area contributed by atoms with Gasteiger partial charge in [0.25, 0.3) is 5.91 Å². The van der Waals surface area contributed by atoms with Gasteiger partial charge >= 0.3 is 0 Å². The topological polar surface area (TPSA) is 40.5 Å². The molecule has 1 aromatic carbocycles. The average molecular weight is 303 g/mol. The van der Waals surface area contributed by atoms with E-state index in [9.17, 15) is 4.79 Å². The average Bonchev–Trinajstić information content (AvgIpc) is 2.13. The Morgan fingerprint density at radius 2 is 2.07 bits per heavy atom. The van der Waals surface area contributed by atoms with Crippen LogP contribution in [0.5, 0.6) is 0 Å². The highest BCUT2D eigenvalue weighted by molar-refractivity contribution is 14.1. The van der Waals surface area contributed by atoms with Gasteiger partial charge in [0, 0.05) is 16.7 Å². The molecule has 1 N–H and O–H groups in total. The number of likely N-dealkylation sites (tertiary alicyclic amines) is 1. The number of aliphatic hydroxyl groups excluding tert-OH is 1. The summed E-state index contributed by atoms with van der Waals surface area (Å²) in [7, 11) is 0. The van der Waals surface area contributed by atoms with Crippen molar-refractivity contribution in [1.82, 2.24) is 4.90 Å². The molecular formula is C10H10INO2. The van der Waals surface area contributed by atoms with Crippen LogP contribution in [-0.2, 0) is 0 Å². The predicted octanol–water partition coefficient (Wildman–Crippen LogP) is 1.11. The van der Waals surface area contributed by atoms with Gasteiger partial charge in [0.1, 0.15) is 0 Å². The fourth-order valence-electron chi connectivity index (χ4n) is 1.43. The Balaban J connectivity index is 2.16. The number of aliphatic hydroxyl groups is 1. The molecule has 0 atom stereocenters. The van der Waals surface area contributed by atoms with Gasteiger partial charge in [0.2, 0.25) is 0 Å². The van der Waals surface area contributed by atoms with Gasteiger partial charge in [0.15, 0.2) is 0 Å². The van der Waals surface area contributed by atoms with Gasteiger partial charge in [-0.05, 0) is 34.7 Å². The molecule has 1 aliphatic heterocycles. The zero-order valence-corrected chi connectivity index (χ0v) is 9.64. The molecule has 0 bridgehead atoms. The summed E-state index contributed by atoms with van der Waals surface area (Å²) in [6, 6.07) is 7.48. The number of amides is 1. The highest BCUT2D eigenvalue weighted by Crippen LogP contribution is 2.17. The van der Waals surface area contributed by atoms with Crippen LogP contribution in [-0.4, -0.2) is 35.1 Å². The Labute approximate surface area is 95.9 Å². The molecule has 1 heterocycles. The van der Waals surface area contributed by atoms with E-state index >= 15 is 0 Å². The van der Waals surface area contributed by atoms with Crippen LogP contribution in [0.15, 0.2) is 24.3 Å². The molecule has 14 heavy (non-hydrogen) atoms. The van der Waals surface area contributed by atoms with Crippen molar-refractivity contribution in [3.8, 4) is 0 Å². The van der Waals surface area contributed by atoms with Crippen LogP contribution in [0.2, 0.25) is 0 Å². The molecule has 0 unspecified atom stereocenters. The highest BCUT2D eigenvalue weighted by Gasteiger charge is 2.29. The minimum Gasteiger partial charge on any atom is -0.389 e. The Hall–Kier alpha value is -0.620. The SMILES string of the molecule is O=C(c1ccccc1I)N1CC(O)C1. The first kappa shape index (κ1) is 9.92. The van der Waals surface area contributed by atoms with Crippen molar-refractivity contribution < 1.29 is 9.90 Å². The Bertz CT molecular complexity index is 361. The second-order valence-corrected chi connectivity index (χ2v) is 4.51. The van der Waals surface area contributed by atoms with E-state index in [1.807, 2.05) is 24.3 Å². The molecule has 2 rings (SSSR count). The summed E-state index contributed by atoms with van der Waals surface area (Å²) in [5, 5.41) is 9.09. The van der Waals surface area contributed by atoms with E-state index < -0.39 is 0 Å². The van der Waals surface area contributed by atoms with Crippen molar-refractivity contribution in [3.05, 3.63) is 33.4 Å². The number of rotatable bonds is 1. The van der Waals surface area contributed by atoms with E-state index in [-0.39, 0.29) is 12.0 Å². The fraction of sp³-hybridized carbons (Fsp3) is 0.300. The van der Waals surface area contributed by atoms with E-state index in [1.54, 1.807) is 4.90 Å². The zero-order chi connectivity index (χ0) is 10.1. The minimum absolute atomic E-state index is 0.0142. The Morgan fingerprint density at radius 1 is 1.43 bits per heavy atom. The standard InChI is InChI=1S/C10H10INO2/c11-9-4-2-1-3-8(9)10(14)12-5-7(13)6-12/h1-4,7,13H,5-6H2. The van der Waals surface area contributed by atoms with Crippen molar-refractivity contribution >= 4 is 28.5 Å². The monoisotopic (exact) mass is 303 g/mol. The molecule has 0 aromatic heterocycles. The molecular weight excluding hydrogens is 293 g/mol. The first-order valence-electron chi connectivity index (χ1n) is 4.40. The molecule has 1 aliphatic rings. The summed E-state index contributed by atoms with van der Waals surface area (Å²) < 4.78 is 0.955. The van der Waals surface area contributed by atoms with Crippen LogP contribution in [0.4, 0.5) is 0 Å². The van der Waals surface area contributed by atoms with Gasteiger partial charge < -0.3 is 10.0 Å². The quantitative estimate of drug-likeness (QED) is 0.790. The van der Waals surface area contributed by atoms with Crippen LogP contribution < -0.4 is 0 Å². The number of benzene rings is 1. The van der Waals surface area contributed by atoms with Crippen molar-refractivity contribution in [3.63, 3.8) is 0 Å². The maximum Gasteiger partial charge on any atom is 0.255 e. The van der Waals surface area contributed by atoms with Crippen LogP contribution >= 0.6 is 22.6 Å². The lowest BCUT2D eigenvalue weighted by atomic mass is 10.1. The summed E-state index contributed by atoms with van der Waals surface area (Å²) in [5.41, 5.74) is 0.722. The van der Waals surface area contributed by atoms with E-state index in [1.165, 1.54) is 0 Å². The van der Waals surface area contributed by atoms with Crippen molar-refractivity contribution in [2.24, 2.45) is 0 Å². The van der Waals surface area contributed by atoms with E-state index in [0.717, 1.165) is 9.13 Å². The van der Waals surface area contributed by atoms with Crippen LogP contribution in [0.25, 0.3) is 0 Å². The molecule has 1 amide bonds. The summed E-state index contributed by atoms with van der Waals surface area (Å²) in [6.07, 6.45) is -0.333. The Morgan fingerprint density at radius 3 is 2.64 bits per heavy atom. The molecule has 1 aromatic rings. The molecule has 1 saturated heterocycles. The lowest BCUT2D eigenvalue weighted by Gasteiger charge is -2.36. The molecule has 0 spiro atoms. The first-order chi connectivity index (χ1) is 6.68. The van der Waals surface area contributed by atoms with Crippen molar-refractivity contribution in [1.29, 1.82) is 0 Å². The van der Waals surface area contributed by atoms with Gasteiger partial charge in [-0.25, -0.2) is 0 Å². The molecule has 0 saturated carbocycles. The first-order valence-corrected chi connectivity index (χ1v) is 5.48. The minimum atomic E-state index is -0.333. The summed E-state index contributed by atoms with van der Waals surface area (Å²) in [4.78, 5) is 13.5. The number of hydrogen-bond donors (Lipinski definition) is 1. The van der Waals surface area contributed by atoms with Gasteiger partial charge in [-0.2, -0.15) is 0 Å². The van der Waals surface area contributed by atoms with Gasteiger partial charge in [-0.3, -0.25) is 4.79 Å². The summed E-state index contributed by atoms with van der Waals surface area (Å²) >= 11 is 2.14. The van der Waals surface area contributed by atoms with Crippen molar-refractivity contribution in [2.45, 2.75) is 6.10 Å². The number of nitrogens with zero attached hydrogens (tertiary/aromatic N) is 1. The Kier molecular flexibility index (Phi) is 2.73. The number of carbonyl (C=O) groups excluding carboxylic acids is 1. The molecule has 0 radical (unpaired) electrons. The fourth-order valence-corrected chi connectivity index (χ4v) is 2.04. The summed E-state index contributed by atoms with van der Waals surface area (Å²) in [5.74, 6) is 0.0142. The smallest absolute Gasteiger partial charge is 0.255 e. The molecule has 3 nitrogen and oxygen atoms in total. The van der Waals surface area contributed by atoms with Crippen molar-refractivity contribution in [2.75, 3.05) is 13.1 Å². The number of β-amino-alcohol motifs (C(OH)–C–C–N with tert-alkyl or cyclic N) is 1. The van der Waals surface area contributed by atoms with Gasteiger partial charge in [-0.15, -0.1) is 0 Å². The van der Waals surface area contributed by atoms with Gasteiger partial charge in [0.05, 0.1) is 11.7 Å². The second kappa shape index (κ2) is 3.86. The largest absolute Gasteiger partial charge is 0.389 e. The molecule has 4 heteroatoms.